The Bertz CT molecular complexity index is 318. The van der Waals surface area contributed by atoms with Crippen LogP contribution in [0.5, 0.6) is 0 Å². The molecule has 0 bridgehead atoms. The molecule has 0 radical (unpaired) electrons. The Morgan fingerprint density at radius 1 is 1.56 bits per heavy atom. The molecule has 0 fully saturated rings. The molecule has 0 aromatic carbocycles. The summed E-state index contributed by atoms with van der Waals surface area (Å²) in [6, 6.07) is 0. The van der Waals surface area contributed by atoms with Crippen molar-refractivity contribution in [1.29, 1.82) is 0 Å². The van der Waals surface area contributed by atoms with Crippen LogP contribution >= 0.6 is 0 Å². The van der Waals surface area contributed by atoms with E-state index in [0.717, 1.165) is 18.9 Å². The number of aryl methyl sites for hydroxylation is 1. The van der Waals surface area contributed by atoms with E-state index in [9.17, 15) is 5.11 Å². The number of nitrogens with zero attached hydrogens (tertiary/aromatic N) is 2. The fourth-order valence-electron chi connectivity index (χ4n) is 1.72. The Morgan fingerprint density at radius 2 is 2.25 bits per heavy atom. The fourth-order valence-corrected chi connectivity index (χ4v) is 1.72. The largest absolute Gasteiger partial charge is 0.381 e. The van der Waals surface area contributed by atoms with Gasteiger partial charge in [0.05, 0.1) is 0 Å². The summed E-state index contributed by atoms with van der Waals surface area (Å²) in [6.07, 6.45) is 3.63. The first kappa shape index (κ1) is 13.2. The molecule has 1 aromatic heterocycles. The minimum absolute atomic E-state index is 0.530. The molecule has 1 unspecified atom stereocenters. The molecule has 1 heterocycles. The van der Waals surface area contributed by atoms with Gasteiger partial charge in [-0.3, -0.25) is 0 Å². The average molecular weight is 225 g/mol. The van der Waals surface area contributed by atoms with E-state index >= 15 is 0 Å². The summed E-state index contributed by atoms with van der Waals surface area (Å²) in [5.41, 5.74) is -0.908. The van der Waals surface area contributed by atoms with Crippen LogP contribution in [-0.2, 0) is 12.1 Å². The number of nitrogens with one attached hydrogen (secondary N) is 1. The van der Waals surface area contributed by atoms with Crippen LogP contribution in [0.4, 0.5) is 0 Å². The molecule has 1 rings (SSSR count). The molecule has 4 heteroatoms. The fraction of sp³-hybridized carbons (Fsp3) is 0.750. The molecule has 92 valence electrons. The zero-order valence-electron chi connectivity index (χ0n) is 10.7. The van der Waals surface area contributed by atoms with E-state index in [0.29, 0.717) is 12.5 Å². The number of aromatic nitrogens is 2. The second kappa shape index (κ2) is 5.46. The van der Waals surface area contributed by atoms with E-state index in [4.69, 9.17) is 0 Å². The van der Waals surface area contributed by atoms with Crippen molar-refractivity contribution >= 4 is 0 Å². The highest BCUT2D eigenvalue weighted by molar-refractivity contribution is 5.04. The summed E-state index contributed by atoms with van der Waals surface area (Å²) < 4.78 is 1.97. The second-order valence-electron chi connectivity index (χ2n) is 4.84. The van der Waals surface area contributed by atoms with Gasteiger partial charge in [-0.05, 0) is 26.3 Å². The van der Waals surface area contributed by atoms with Crippen molar-refractivity contribution in [2.75, 3.05) is 13.1 Å². The SMILES string of the molecule is CCn1ccnc1C(C)(O)CNCC(C)C. The number of hydrogen-bond acceptors (Lipinski definition) is 3. The van der Waals surface area contributed by atoms with Gasteiger partial charge >= 0.3 is 0 Å². The van der Waals surface area contributed by atoms with Crippen molar-refractivity contribution in [1.82, 2.24) is 14.9 Å². The highest BCUT2D eigenvalue weighted by Gasteiger charge is 2.27. The van der Waals surface area contributed by atoms with Crippen LogP contribution in [0.25, 0.3) is 0 Å². The lowest BCUT2D eigenvalue weighted by atomic mass is 10.1. The maximum absolute atomic E-state index is 10.4. The van der Waals surface area contributed by atoms with E-state index in [1.807, 2.05) is 17.7 Å². The van der Waals surface area contributed by atoms with Crippen LogP contribution in [0.15, 0.2) is 12.4 Å². The predicted octanol–water partition coefficient (Wildman–Crippen LogP) is 1.36. The first-order chi connectivity index (χ1) is 7.47. The summed E-state index contributed by atoms with van der Waals surface area (Å²) in [7, 11) is 0. The zero-order valence-corrected chi connectivity index (χ0v) is 10.7. The van der Waals surface area contributed by atoms with Gasteiger partial charge in [0.15, 0.2) is 0 Å². The molecule has 0 spiro atoms. The van der Waals surface area contributed by atoms with Crippen molar-refractivity contribution in [2.45, 2.75) is 39.8 Å². The lowest BCUT2D eigenvalue weighted by Crippen LogP contribution is -2.39. The quantitative estimate of drug-likeness (QED) is 0.768. The van der Waals surface area contributed by atoms with Crippen molar-refractivity contribution in [3.8, 4) is 0 Å². The molecule has 0 amide bonds. The molecule has 1 atom stereocenters. The minimum Gasteiger partial charge on any atom is -0.381 e. The van der Waals surface area contributed by atoms with Gasteiger partial charge < -0.3 is 15.0 Å². The van der Waals surface area contributed by atoms with E-state index in [1.54, 1.807) is 13.1 Å². The van der Waals surface area contributed by atoms with E-state index < -0.39 is 5.60 Å². The van der Waals surface area contributed by atoms with Gasteiger partial charge in [-0.25, -0.2) is 4.98 Å². The average Bonchev–Trinajstić information content (AvgIpc) is 2.64. The van der Waals surface area contributed by atoms with Crippen molar-refractivity contribution in [3.05, 3.63) is 18.2 Å². The van der Waals surface area contributed by atoms with Crippen LogP contribution in [0, 0.1) is 5.92 Å². The van der Waals surface area contributed by atoms with E-state index in [2.05, 4.69) is 24.1 Å². The molecular weight excluding hydrogens is 202 g/mol. The highest BCUT2D eigenvalue weighted by atomic mass is 16.3. The summed E-state index contributed by atoms with van der Waals surface area (Å²) >= 11 is 0. The molecular formula is C12H23N3O. The standard InChI is InChI=1S/C12H23N3O/c1-5-15-7-6-14-11(15)12(4,16)9-13-8-10(2)3/h6-7,10,13,16H,5,8-9H2,1-4H3. The Morgan fingerprint density at radius 3 is 2.81 bits per heavy atom. The molecule has 0 aliphatic carbocycles. The molecule has 4 nitrogen and oxygen atoms in total. The number of rotatable bonds is 6. The Balaban J connectivity index is 2.62. The van der Waals surface area contributed by atoms with Crippen LogP contribution in [-0.4, -0.2) is 27.7 Å². The van der Waals surface area contributed by atoms with Crippen LogP contribution < -0.4 is 5.32 Å². The third kappa shape index (κ3) is 3.32. The zero-order chi connectivity index (χ0) is 12.2. The molecule has 0 aliphatic heterocycles. The van der Waals surface area contributed by atoms with Crippen molar-refractivity contribution in [3.63, 3.8) is 0 Å². The lowest BCUT2D eigenvalue weighted by Gasteiger charge is -2.24. The summed E-state index contributed by atoms with van der Waals surface area (Å²) in [5.74, 6) is 1.31. The van der Waals surface area contributed by atoms with Gasteiger partial charge in [-0.1, -0.05) is 13.8 Å². The number of aliphatic hydroxyl groups is 1. The second-order valence-corrected chi connectivity index (χ2v) is 4.84. The molecule has 2 N–H and O–H groups in total. The van der Waals surface area contributed by atoms with Crippen LogP contribution in [0.2, 0.25) is 0 Å². The minimum atomic E-state index is -0.908. The third-order valence-electron chi connectivity index (χ3n) is 2.56. The number of hydrogen-bond donors (Lipinski definition) is 2. The highest BCUT2D eigenvalue weighted by Crippen LogP contribution is 2.17. The summed E-state index contributed by atoms with van der Waals surface area (Å²) in [5, 5.41) is 13.6. The first-order valence-electron chi connectivity index (χ1n) is 5.92. The summed E-state index contributed by atoms with van der Waals surface area (Å²) in [6.45, 7) is 10.4. The van der Waals surface area contributed by atoms with Gasteiger partial charge in [0, 0.05) is 25.5 Å². The Labute approximate surface area is 97.7 Å². The van der Waals surface area contributed by atoms with Crippen LogP contribution in [0.3, 0.4) is 0 Å². The predicted molar refractivity (Wildman–Crippen MR) is 65.2 cm³/mol. The Hall–Kier alpha value is -0.870. The lowest BCUT2D eigenvalue weighted by molar-refractivity contribution is 0.0436. The smallest absolute Gasteiger partial charge is 0.141 e. The van der Waals surface area contributed by atoms with Crippen molar-refractivity contribution < 1.29 is 5.11 Å². The monoisotopic (exact) mass is 225 g/mol. The molecule has 0 saturated carbocycles. The van der Waals surface area contributed by atoms with Gasteiger partial charge in [0.25, 0.3) is 0 Å². The maximum Gasteiger partial charge on any atom is 0.141 e. The normalized spacial score (nSPS) is 15.4. The molecule has 0 aliphatic rings. The third-order valence-corrected chi connectivity index (χ3v) is 2.56. The van der Waals surface area contributed by atoms with Crippen LogP contribution in [0.1, 0.15) is 33.5 Å². The molecule has 1 aromatic rings. The van der Waals surface area contributed by atoms with Gasteiger partial charge in [-0.2, -0.15) is 0 Å². The van der Waals surface area contributed by atoms with E-state index in [-0.39, 0.29) is 0 Å². The number of imidazole rings is 1. The molecule has 0 saturated heterocycles. The Kier molecular flexibility index (Phi) is 4.50. The van der Waals surface area contributed by atoms with Gasteiger partial charge in [-0.15, -0.1) is 0 Å². The topological polar surface area (TPSA) is 50.1 Å². The summed E-state index contributed by atoms with van der Waals surface area (Å²) in [4.78, 5) is 4.23. The van der Waals surface area contributed by atoms with Gasteiger partial charge in [0.2, 0.25) is 0 Å². The van der Waals surface area contributed by atoms with E-state index in [1.165, 1.54) is 0 Å². The van der Waals surface area contributed by atoms with Gasteiger partial charge in [0.1, 0.15) is 11.4 Å². The maximum atomic E-state index is 10.4. The first-order valence-corrected chi connectivity index (χ1v) is 5.92. The molecule has 16 heavy (non-hydrogen) atoms. The van der Waals surface area contributed by atoms with Crippen molar-refractivity contribution in [2.24, 2.45) is 5.92 Å².